The summed E-state index contributed by atoms with van der Waals surface area (Å²) in [4.78, 5) is 24.9. The molecule has 1 saturated heterocycles. The zero-order valence-corrected chi connectivity index (χ0v) is 15.3. The molecule has 0 unspecified atom stereocenters. The van der Waals surface area contributed by atoms with Crippen LogP contribution in [0.3, 0.4) is 0 Å². The van der Waals surface area contributed by atoms with Crippen molar-refractivity contribution in [2.24, 2.45) is 0 Å². The Morgan fingerprint density at radius 2 is 1.89 bits per heavy atom. The third-order valence-electron chi connectivity index (χ3n) is 3.83. The van der Waals surface area contributed by atoms with Crippen molar-refractivity contribution in [1.82, 2.24) is 5.43 Å². The third-order valence-corrected chi connectivity index (χ3v) is 4.08. The zero-order valence-electron chi connectivity index (χ0n) is 14.6. The second kappa shape index (κ2) is 7.97. The highest BCUT2D eigenvalue weighted by molar-refractivity contribution is 6.32. The maximum Gasteiger partial charge on any atom is 0.282 e. The van der Waals surface area contributed by atoms with Gasteiger partial charge in [-0.25, -0.2) is 5.01 Å². The summed E-state index contributed by atoms with van der Waals surface area (Å²) in [5, 5.41) is 1.72. The lowest BCUT2D eigenvalue weighted by Gasteiger charge is -2.14. The summed E-state index contributed by atoms with van der Waals surface area (Å²) in [6.07, 6.45) is 3.13. The number of amides is 2. The van der Waals surface area contributed by atoms with E-state index >= 15 is 0 Å². The van der Waals surface area contributed by atoms with Gasteiger partial charge in [0, 0.05) is 5.02 Å². The molecule has 0 saturated carbocycles. The highest BCUT2D eigenvalue weighted by Crippen LogP contribution is 2.30. The van der Waals surface area contributed by atoms with E-state index in [1.165, 1.54) is 18.2 Å². The molecule has 1 fully saturated rings. The van der Waals surface area contributed by atoms with E-state index in [1.54, 1.807) is 48.5 Å². The van der Waals surface area contributed by atoms with Gasteiger partial charge in [0.15, 0.2) is 11.5 Å². The van der Waals surface area contributed by atoms with Crippen molar-refractivity contribution in [3.8, 4) is 11.5 Å². The van der Waals surface area contributed by atoms with E-state index in [9.17, 15) is 9.59 Å². The Balaban J connectivity index is 1.88. The van der Waals surface area contributed by atoms with Crippen LogP contribution in [-0.2, 0) is 9.59 Å². The minimum Gasteiger partial charge on any atom is -0.493 e. The highest BCUT2D eigenvalue weighted by atomic mass is 35.5. The maximum atomic E-state index is 12.6. The monoisotopic (exact) mass is 384 g/mol. The summed E-state index contributed by atoms with van der Waals surface area (Å²) in [6.45, 7) is 3.94. The van der Waals surface area contributed by atoms with Gasteiger partial charge in [-0.15, -0.1) is 0 Å². The Bertz CT molecular complexity index is 922. The average molecular weight is 385 g/mol. The van der Waals surface area contributed by atoms with Gasteiger partial charge in [-0.05, 0) is 48.0 Å². The van der Waals surface area contributed by atoms with Crippen LogP contribution in [0.25, 0.3) is 6.08 Å². The number of methoxy groups -OCH3 is 1. The van der Waals surface area contributed by atoms with E-state index in [1.807, 2.05) is 0 Å². The fourth-order valence-corrected chi connectivity index (χ4v) is 2.66. The Hall–Kier alpha value is -3.25. The molecule has 0 radical (unpaired) electrons. The lowest BCUT2D eigenvalue weighted by Crippen LogP contribution is -2.35. The number of nitrogens with zero attached hydrogens (tertiary/aromatic N) is 1. The number of nitrogens with one attached hydrogen (secondary N) is 1. The molecule has 2 amide bonds. The number of hydrogen-bond donors (Lipinski definition) is 1. The molecule has 7 heteroatoms. The molecule has 1 aliphatic heterocycles. The summed E-state index contributed by atoms with van der Waals surface area (Å²) in [6, 6.07) is 11.7. The molecule has 1 heterocycles. The quantitative estimate of drug-likeness (QED) is 0.471. The molecule has 2 aromatic carbocycles. The molecule has 0 spiro atoms. The number of carbonyl (C=O) groups is 2. The van der Waals surface area contributed by atoms with Gasteiger partial charge in [0.05, 0.1) is 12.8 Å². The Morgan fingerprint density at radius 1 is 1.15 bits per heavy atom. The molecule has 2 aromatic rings. The van der Waals surface area contributed by atoms with E-state index in [0.29, 0.717) is 34.4 Å². The lowest BCUT2D eigenvalue weighted by molar-refractivity contribution is -0.117. The average Bonchev–Trinajstić information content (AvgIpc) is 2.95. The van der Waals surface area contributed by atoms with E-state index in [0.717, 1.165) is 0 Å². The molecule has 6 nitrogen and oxygen atoms in total. The summed E-state index contributed by atoms with van der Waals surface area (Å²) in [7, 11) is 1.52. The van der Waals surface area contributed by atoms with Gasteiger partial charge in [0.2, 0.25) is 0 Å². The molecular formula is C20H17ClN2O4. The highest BCUT2D eigenvalue weighted by Gasteiger charge is 2.34. The fourth-order valence-electron chi connectivity index (χ4n) is 2.54. The number of rotatable bonds is 6. The van der Waals surface area contributed by atoms with Gasteiger partial charge in [-0.3, -0.25) is 15.0 Å². The predicted octanol–water partition coefficient (Wildman–Crippen LogP) is 3.37. The number of carbonyl (C=O) groups excluding carboxylic acids is 2. The van der Waals surface area contributed by atoms with Gasteiger partial charge in [0.1, 0.15) is 12.2 Å². The van der Waals surface area contributed by atoms with Crippen LogP contribution in [0.1, 0.15) is 5.56 Å². The van der Waals surface area contributed by atoms with Crippen LogP contribution in [-0.4, -0.2) is 25.5 Å². The number of hydrogen-bond acceptors (Lipinski definition) is 4. The molecule has 0 atom stereocenters. The van der Waals surface area contributed by atoms with Crippen molar-refractivity contribution in [3.05, 3.63) is 71.3 Å². The van der Waals surface area contributed by atoms with E-state index < -0.39 is 11.8 Å². The normalized spacial score (nSPS) is 15.0. The van der Waals surface area contributed by atoms with Crippen LogP contribution in [0.5, 0.6) is 11.5 Å². The van der Waals surface area contributed by atoms with Crippen LogP contribution < -0.4 is 19.9 Å². The molecular weight excluding hydrogens is 368 g/mol. The van der Waals surface area contributed by atoms with Crippen molar-refractivity contribution < 1.29 is 19.1 Å². The number of ether oxygens (including phenoxy) is 2. The summed E-state index contributed by atoms with van der Waals surface area (Å²) >= 11 is 5.86. The predicted molar refractivity (Wildman–Crippen MR) is 104 cm³/mol. The first-order valence-electron chi connectivity index (χ1n) is 8.08. The number of hydrazine groups is 1. The van der Waals surface area contributed by atoms with Crippen LogP contribution in [0.2, 0.25) is 5.02 Å². The van der Waals surface area contributed by atoms with Gasteiger partial charge in [-0.1, -0.05) is 30.3 Å². The second-order valence-corrected chi connectivity index (χ2v) is 6.06. The first kappa shape index (κ1) is 18.5. The molecule has 1 N–H and O–H groups in total. The maximum absolute atomic E-state index is 12.6. The second-order valence-electron chi connectivity index (χ2n) is 5.63. The minimum absolute atomic E-state index is 0.0202. The van der Waals surface area contributed by atoms with Gasteiger partial charge in [0.25, 0.3) is 11.8 Å². The van der Waals surface area contributed by atoms with Crippen molar-refractivity contribution in [1.29, 1.82) is 0 Å². The Morgan fingerprint density at radius 3 is 2.56 bits per heavy atom. The van der Waals surface area contributed by atoms with Crippen molar-refractivity contribution >= 4 is 35.2 Å². The smallest absolute Gasteiger partial charge is 0.282 e. The fraction of sp³-hybridized carbons (Fsp3) is 0.100. The number of benzene rings is 2. The molecule has 0 aliphatic carbocycles. The molecule has 138 valence electrons. The molecule has 0 aromatic heterocycles. The number of halogens is 1. The van der Waals surface area contributed by atoms with Crippen molar-refractivity contribution in [2.75, 3.05) is 18.7 Å². The van der Waals surface area contributed by atoms with Crippen LogP contribution >= 0.6 is 11.6 Å². The first-order valence-corrected chi connectivity index (χ1v) is 8.45. The molecule has 0 bridgehead atoms. The van der Waals surface area contributed by atoms with E-state index in [4.69, 9.17) is 21.1 Å². The summed E-state index contributed by atoms with van der Waals surface area (Å²) in [5.74, 6) is 0.102. The lowest BCUT2D eigenvalue weighted by atomic mass is 10.1. The first-order chi connectivity index (χ1) is 13.0. The van der Waals surface area contributed by atoms with E-state index in [2.05, 4.69) is 12.0 Å². The standard InChI is InChI=1S/C20H17ClN2O4/c1-3-10-27-17-9-4-13(12-18(17)26-2)11-16-19(24)22-23(20(16)25)15-7-5-14(21)6-8-15/h3-9,11-12H,1,10H2,2H3,(H,22,24). The SMILES string of the molecule is C=CCOc1ccc(C=C2C(=O)NN(c3ccc(Cl)cc3)C2=O)cc1OC. The topological polar surface area (TPSA) is 67.9 Å². The number of anilines is 1. The van der Waals surface area contributed by atoms with Crippen LogP contribution in [0, 0.1) is 0 Å². The third kappa shape index (κ3) is 3.96. The Labute approximate surface area is 161 Å². The Kier molecular flexibility index (Phi) is 5.47. The summed E-state index contributed by atoms with van der Waals surface area (Å²) < 4.78 is 10.8. The zero-order chi connectivity index (χ0) is 19.4. The summed E-state index contributed by atoms with van der Waals surface area (Å²) in [5.41, 5.74) is 3.72. The van der Waals surface area contributed by atoms with Crippen molar-refractivity contribution in [3.63, 3.8) is 0 Å². The molecule has 27 heavy (non-hydrogen) atoms. The van der Waals surface area contributed by atoms with Gasteiger partial charge >= 0.3 is 0 Å². The molecule has 3 rings (SSSR count). The van der Waals surface area contributed by atoms with Gasteiger partial charge < -0.3 is 9.47 Å². The largest absolute Gasteiger partial charge is 0.493 e. The van der Waals surface area contributed by atoms with Crippen LogP contribution in [0.15, 0.2) is 60.7 Å². The van der Waals surface area contributed by atoms with Crippen LogP contribution in [0.4, 0.5) is 5.69 Å². The van der Waals surface area contributed by atoms with Gasteiger partial charge in [-0.2, -0.15) is 0 Å². The van der Waals surface area contributed by atoms with E-state index in [-0.39, 0.29) is 5.57 Å². The molecule has 1 aliphatic rings. The minimum atomic E-state index is -0.485. The van der Waals surface area contributed by atoms with Crippen molar-refractivity contribution in [2.45, 2.75) is 0 Å².